The van der Waals surface area contributed by atoms with Crippen LogP contribution in [0.15, 0.2) is 18.2 Å². The van der Waals surface area contributed by atoms with Gasteiger partial charge in [-0.3, -0.25) is 0 Å². The predicted molar refractivity (Wildman–Crippen MR) is 59.2 cm³/mol. The minimum atomic E-state index is -0.778. The number of anilines is 1. The predicted octanol–water partition coefficient (Wildman–Crippen LogP) is 3.57. The fourth-order valence-electron chi connectivity index (χ4n) is 2.31. The van der Waals surface area contributed by atoms with Gasteiger partial charge in [0.05, 0.1) is 0 Å². The Hall–Kier alpha value is -1.12. The lowest BCUT2D eigenvalue weighted by Gasteiger charge is -2.19. The molecule has 3 rings (SSSR count). The highest BCUT2D eigenvalue weighted by Crippen LogP contribution is 2.45. The first-order chi connectivity index (χ1) is 7.74. The van der Waals surface area contributed by atoms with E-state index in [0.29, 0.717) is 11.7 Å². The first-order valence-corrected chi connectivity index (χ1v) is 5.95. The normalized spacial score (nSPS) is 20.2. The lowest BCUT2D eigenvalue weighted by molar-refractivity contribution is 0.507. The summed E-state index contributed by atoms with van der Waals surface area (Å²) in [5, 5.41) is 3.36. The fourth-order valence-corrected chi connectivity index (χ4v) is 2.31. The summed E-state index contributed by atoms with van der Waals surface area (Å²) in [6, 6.07) is 4.54. The van der Waals surface area contributed by atoms with Crippen molar-refractivity contribution in [2.45, 2.75) is 31.7 Å². The van der Waals surface area contributed by atoms with Crippen molar-refractivity contribution in [3.8, 4) is 0 Å². The zero-order valence-electron chi connectivity index (χ0n) is 9.05. The smallest absolute Gasteiger partial charge is 0.160 e. The van der Waals surface area contributed by atoms with Crippen molar-refractivity contribution in [3.05, 3.63) is 29.8 Å². The van der Waals surface area contributed by atoms with Gasteiger partial charge in [0, 0.05) is 17.8 Å². The number of halogens is 2. The highest BCUT2D eigenvalue weighted by atomic mass is 19.2. The average Bonchev–Trinajstić information content (AvgIpc) is 3.14. The second kappa shape index (κ2) is 3.72. The molecule has 2 aliphatic carbocycles. The molecule has 2 aliphatic rings. The molecule has 2 saturated carbocycles. The van der Waals surface area contributed by atoms with Crippen LogP contribution in [0, 0.1) is 23.5 Å². The summed E-state index contributed by atoms with van der Waals surface area (Å²) < 4.78 is 25.8. The van der Waals surface area contributed by atoms with Crippen LogP contribution in [0.4, 0.5) is 14.5 Å². The molecule has 0 atom stereocenters. The van der Waals surface area contributed by atoms with E-state index in [9.17, 15) is 8.78 Å². The van der Waals surface area contributed by atoms with Crippen LogP contribution in [0.2, 0.25) is 0 Å². The first-order valence-electron chi connectivity index (χ1n) is 5.95. The van der Waals surface area contributed by atoms with Gasteiger partial charge in [0.1, 0.15) is 0 Å². The third-order valence-corrected chi connectivity index (χ3v) is 3.51. The average molecular weight is 223 g/mol. The van der Waals surface area contributed by atoms with Gasteiger partial charge in [-0.25, -0.2) is 8.78 Å². The third kappa shape index (κ3) is 2.04. The molecule has 0 amide bonds. The standard InChI is InChI=1S/C13H15F2N/c14-11-6-5-10(7-12(11)15)16-13(8-1-2-8)9-3-4-9/h5-9,13,16H,1-4H2. The van der Waals surface area contributed by atoms with E-state index in [0.717, 1.165) is 11.8 Å². The van der Waals surface area contributed by atoms with E-state index in [1.54, 1.807) is 6.07 Å². The van der Waals surface area contributed by atoms with E-state index in [2.05, 4.69) is 5.32 Å². The maximum Gasteiger partial charge on any atom is 0.160 e. The Labute approximate surface area is 93.9 Å². The Morgan fingerprint density at radius 3 is 2.12 bits per heavy atom. The molecule has 0 unspecified atom stereocenters. The van der Waals surface area contributed by atoms with Gasteiger partial charge in [-0.1, -0.05) is 0 Å². The zero-order valence-corrected chi connectivity index (χ0v) is 9.05. The molecule has 1 nitrogen and oxygen atoms in total. The van der Waals surface area contributed by atoms with E-state index in [4.69, 9.17) is 0 Å². The van der Waals surface area contributed by atoms with Gasteiger partial charge in [0.15, 0.2) is 11.6 Å². The quantitative estimate of drug-likeness (QED) is 0.822. The van der Waals surface area contributed by atoms with E-state index >= 15 is 0 Å². The summed E-state index contributed by atoms with van der Waals surface area (Å²) in [6.45, 7) is 0. The van der Waals surface area contributed by atoms with Gasteiger partial charge in [-0.2, -0.15) is 0 Å². The van der Waals surface area contributed by atoms with Gasteiger partial charge in [-0.05, 0) is 49.7 Å². The van der Waals surface area contributed by atoms with E-state index < -0.39 is 11.6 Å². The van der Waals surface area contributed by atoms with Crippen molar-refractivity contribution < 1.29 is 8.78 Å². The summed E-state index contributed by atoms with van der Waals surface area (Å²) in [7, 11) is 0. The molecule has 0 heterocycles. The maximum absolute atomic E-state index is 13.0. The maximum atomic E-state index is 13.0. The molecule has 1 aromatic carbocycles. The number of hydrogen-bond acceptors (Lipinski definition) is 1. The van der Waals surface area contributed by atoms with Gasteiger partial charge in [-0.15, -0.1) is 0 Å². The molecule has 0 spiro atoms. The fraction of sp³-hybridized carbons (Fsp3) is 0.538. The molecule has 2 fully saturated rings. The van der Waals surface area contributed by atoms with Crippen LogP contribution < -0.4 is 5.32 Å². The third-order valence-electron chi connectivity index (χ3n) is 3.51. The summed E-state index contributed by atoms with van der Waals surface area (Å²) in [6.07, 6.45) is 5.10. The highest BCUT2D eigenvalue weighted by molar-refractivity contribution is 5.45. The molecule has 0 bridgehead atoms. The minimum absolute atomic E-state index is 0.477. The van der Waals surface area contributed by atoms with Crippen molar-refractivity contribution in [2.24, 2.45) is 11.8 Å². The van der Waals surface area contributed by atoms with Crippen LogP contribution in [0.25, 0.3) is 0 Å². The molecule has 0 aliphatic heterocycles. The molecule has 3 heteroatoms. The van der Waals surface area contributed by atoms with Crippen LogP contribution in [0.5, 0.6) is 0 Å². The van der Waals surface area contributed by atoms with Crippen LogP contribution in [0.3, 0.4) is 0 Å². The van der Waals surface area contributed by atoms with Crippen LogP contribution in [-0.2, 0) is 0 Å². The van der Waals surface area contributed by atoms with Crippen LogP contribution >= 0.6 is 0 Å². The highest BCUT2D eigenvalue weighted by Gasteiger charge is 2.41. The van der Waals surface area contributed by atoms with Crippen molar-refractivity contribution in [1.29, 1.82) is 0 Å². The van der Waals surface area contributed by atoms with Crippen molar-refractivity contribution >= 4 is 5.69 Å². The van der Waals surface area contributed by atoms with Gasteiger partial charge >= 0.3 is 0 Å². The molecule has 0 aromatic heterocycles. The Morgan fingerprint density at radius 1 is 1.00 bits per heavy atom. The molecular weight excluding hydrogens is 208 g/mol. The summed E-state index contributed by atoms with van der Waals surface area (Å²) in [5.74, 6) is -0.0449. The topological polar surface area (TPSA) is 12.0 Å². The number of nitrogens with one attached hydrogen (secondary N) is 1. The molecule has 0 saturated heterocycles. The monoisotopic (exact) mass is 223 g/mol. The van der Waals surface area contributed by atoms with Crippen molar-refractivity contribution in [2.75, 3.05) is 5.32 Å². The number of rotatable bonds is 4. The first kappa shape index (κ1) is 10.1. The largest absolute Gasteiger partial charge is 0.382 e. The minimum Gasteiger partial charge on any atom is -0.382 e. The SMILES string of the molecule is Fc1ccc(NC(C2CC2)C2CC2)cc1F. The van der Waals surface area contributed by atoms with Gasteiger partial charge < -0.3 is 5.32 Å². The Bertz CT molecular complexity index is 385. The zero-order chi connectivity index (χ0) is 11.1. The van der Waals surface area contributed by atoms with E-state index in [-0.39, 0.29) is 0 Å². The molecule has 1 N–H and O–H groups in total. The van der Waals surface area contributed by atoms with E-state index in [1.165, 1.54) is 37.8 Å². The van der Waals surface area contributed by atoms with Gasteiger partial charge in [0.25, 0.3) is 0 Å². The van der Waals surface area contributed by atoms with Crippen LogP contribution in [-0.4, -0.2) is 6.04 Å². The Kier molecular flexibility index (Phi) is 2.34. The van der Waals surface area contributed by atoms with E-state index in [1.807, 2.05) is 0 Å². The molecule has 86 valence electrons. The Balaban J connectivity index is 1.73. The second-order valence-corrected chi connectivity index (χ2v) is 4.97. The Morgan fingerprint density at radius 2 is 1.62 bits per heavy atom. The molecule has 16 heavy (non-hydrogen) atoms. The summed E-state index contributed by atoms with van der Waals surface area (Å²) in [5.41, 5.74) is 0.711. The molecular formula is C13H15F2N. The molecule has 1 aromatic rings. The van der Waals surface area contributed by atoms with Crippen molar-refractivity contribution in [1.82, 2.24) is 0 Å². The summed E-state index contributed by atoms with van der Waals surface area (Å²) in [4.78, 5) is 0. The lowest BCUT2D eigenvalue weighted by atomic mass is 10.1. The lowest BCUT2D eigenvalue weighted by Crippen LogP contribution is -2.24. The van der Waals surface area contributed by atoms with Gasteiger partial charge in [0.2, 0.25) is 0 Å². The number of benzene rings is 1. The number of hydrogen-bond donors (Lipinski definition) is 1. The second-order valence-electron chi connectivity index (χ2n) is 4.97. The van der Waals surface area contributed by atoms with Crippen LogP contribution in [0.1, 0.15) is 25.7 Å². The van der Waals surface area contributed by atoms with Crippen molar-refractivity contribution in [3.63, 3.8) is 0 Å². The molecule has 0 radical (unpaired) electrons. The summed E-state index contributed by atoms with van der Waals surface area (Å²) >= 11 is 0.